The zero-order valence-electron chi connectivity index (χ0n) is 11.5. The zero-order valence-corrected chi connectivity index (χ0v) is 12.3. The summed E-state index contributed by atoms with van der Waals surface area (Å²) < 4.78 is 4.92. The third kappa shape index (κ3) is 2.91. The number of ether oxygens (including phenoxy) is 1. The average Bonchev–Trinajstić information content (AvgIpc) is 2.85. The highest BCUT2D eigenvalue weighted by Crippen LogP contribution is 2.28. The molecule has 0 aliphatic carbocycles. The number of nitrogens with zero attached hydrogens (tertiary/aromatic N) is 2. The fraction of sp³-hybridized carbons (Fsp3) is 0.286. The molecule has 2 aromatic rings. The molecule has 0 N–H and O–H groups in total. The van der Waals surface area contributed by atoms with Crippen LogP contribution in [0, 0.1) is 6.92 Å². The van der Waals surface area contributed by atoms with E-state index < -0.39 is 5.97 Å². The molecule has 0 saturated heterocycles. The monoisotopic (exact) mass is 290 g/mol. The SMILES string of the molecule is CCOC(=O)c1nc(-c2ccc(C)nc2)sc1C(C)=O. The Hall–Kier alpha value is -2.08. The van der Waals surface area contributed by atoms with Gasteiger partial charge in [-0.25, -0.2) is 9.78 Å². The second-order valence-corrected chi connectivity index (χ2v) is 5.16. The van der Waals surface area contributed by atoms with E-state index in [1.807, 2.05) is 19.1 Å². The minimum atomic E-state index is -0.569. The smallest absolute Gasteiger partial charge is 0.358 e. The van der Waals surface area contributed by atoms with Crippen LogP contribution < -0.4 is 0 Å². The molecule has 104 valence electrons. The van der Waals surface area contributed by atoms with Crippen molar-refractivity contribution in [1.82, 2.24) is 9.97 Å². The molecule has 0 aromatic carbocycles. The van der Waals surface area contributed by atoms with Crippen LogP contribution in [0.15, 0.2) is 18.3 Å². The summed E-state index contributed by atoms with van der Waals surface area (Å²) in [6.07, 6.45) is 1.67. The molecule has 0 saturated carbocycles. The first-order chi connectivity index (χ1) is 9.52. The number of aromatic nitrogens is 2. The quantitative estimate of drug-likeness (QED) is 0.639. The lowest BCUT2D eigenvalue weighted by atomic mass is 10.2. The van der Waals surface area contributed by atoms with Gasteiger partial charge in [-0.05, 0) is 26.0 Å². The topological polar surface area (TPSA) is 69.2 Å². The van der Waals surface area contributed by atoms with Crippen LogP contribution in [0.2, 0.25) is 0 Å². The van der Waals surface area contributed by atoms with Gasteiger partial charge in [-0.2, -0.15) is 0 Å². The van der Waals surface area contributed by atoms with Crippen LogP contribution in [0.5, 0.6) is 0 Å². The molecule has 0 bridgehead atoms. The average molecular weight is 290 g/mol. The molecule has 0 spiro atoms. The summed E-state index contributed by atoms with van der Waals surface area (Å²) in [4.78, 5) is 32.2. The van der Waals surface area contributed by atoms with Crippen LogP contribution in [0.1, 0.15) is 39.7 Å². The second-order valence-electron chi connectivity index (χ2n) is 4.16. The lowest BCUT2D eigenvalue weighted by Gasteiger charge is -1.99. The van der Waals surface area contributed by atoms with Crippen molar-refractivity contribution >= 4 is 23.1 Å². The maximum atomic E-state index is 11.8. The highest BCUT2D eigenvalue weighted by molar-refractivity contribution is 7.17. The molecular formula is C14H14N2O3S. The Morgan fingerprint density at radius 1 is 1.35 bits per heavy atom. The van der Waals surface area contributed by atoms with Gasteiger partial charge in [0.05, 0.1) is 6.61 Å². The van der Waals surface area contributed by atoms with Crippen LogP contribution in [0.3, 0.4) is 0 Å². The molecule has 0 radical (unpaired) electrons. The number of esters is 1. The van der Waals surface area contributed by atoms with Gasteiger partial charge in [0.2, 0.25) is 0 Å². The number of carbonyl (C=O) groups excluding carboxylic acids is 2. The van der Waals surface area contributed by atoms with Gasteiger partial charge in [-0.3, -0.25) is 9.78 Å². The Morgan fingerprint density at radius 2 is 2.10 bits per heavy atom. The summed E-state index contributed by atoms with van der Waals surface area (Å²) in [5.41, 5.74) is 1.75. The van der Waals surface area contributed by atoms with Crippen molar-refractivity contribution in [1.29, 1.82) is 0 Å². The van der Waals surface area contributed by atoms with Crippen LogP contribution in [-0.2, 0) is 4.74 Å². The van der Waals surface area contributed by atoms with E-state index in [-0.39, 0.29) is 18.1 Å². The molecule has 2 heterocycles. The van der Waals surface area contributed by atoms with Crippen LogP contribution in [-0.4, -0.2) is 28.3 Å². The first-order valence-electron chi connectivity index (χ1n) is 6.14. The minimum absolute atomic E-state index is 0.0833. The maximum Gasteiger partial charge on any atom is 0.358 e. The van der Waals surface area contributed by atoms with Gasteiger partial charge in [0, 0.05) is 24.4 Å². The van der Waals surface area contributed by atoms with Crippen LogP contribution >= 0.6 is 11.3 Å². The normalized spacial score (nSPS) is 10.3. The van der Waals surface area contributed by atoms with Crippen molar-refractivity contribution in [2.24, 2.45) is 0 Å². The fourth-order valence-corrected chi connectivity index (χ4v) is 2.55. The Bertz CT molecular complexity index is 647. The van der Waals surface area contributed by atoms with Crippen molar-refractivity contribution in [2.75, 3.05) is 6.61 Å². The highest BCUT2D eigenvalue weighted by Gasteiger charge is 2.22. The molecule has 20 heavy (non-hydrogen) atoms. The Balaban J connectivity index is 2.46. The van der Waals surface area contributed by atoms with Gasteiger partial charge in [0.1, 0.15) is 9.88 Å². The van der Waals surface area contributed by atoms with Crippen molar-refractivity contribution in [3.8, 4) is 10.6 Å². The number of carbonyl (C=O) groups is 2. The predicted molar refractivity (Wildman–Crippen MR) is 76.0 cm³/mol. The lowest BCUT2D eigenvalue weighted by molar-refractivity contribution is 0.0517. The molecule has 0 amide bonds. The van der Waals surface area contributed by atoms with E-state index in [1.54, 1.807) is 13.1 Å². The van der Waals surface area contributed by atoms with E-state index in [0.717, 1.165) is 11.3 Å². The Kier molecular flexibility index (Phi) is 4.24. The Labute approximate surface area is 120 Å². The van der Waals surface area contributed by atoms with Crippen LogP contribution in [0.4, 0.5) is 0 Å². The number of hydrogen-bond acceptors (Lipinski definition) is 6. The van der Waals surface area contributed by atoms with E-state index in [4.69, 9.17) is 4.74 Å². The summed E-state index contributed by atoms with van der Waals surface area (Å²) in [5.74, 6) is -0.767. The number of pyridine rings is 1. The fourth-order valence-electron chi connectivity index (χ4n) is 1.61. The second kappa shape index (κ2) is 5.92. The number of ketones is 1. The number of rotatable bonds is 4. The summed E-state index contributed by atoms with van der Waals surface area (Å²) in [5, 5.41) is 0.589. The largest absolute Gasteiger partial charge is 0.461 e. The molecule has 0 aliphatic heterocycles. The number of hydrogen-bond donors (Lipinski definition) is 0. The molecule has 0 aliphatic rings. The third-order valence-electron chi connectivity index (χ3n) is 2.57. The molecular weight excluding hydrogens is 276 g/mol. The van der Waals surface area contributed by atoms with Gasteiger partial charge in [-0.15, -0.1) is 11.3 Å². The minimum Gasteiger partial charge on any atom is -0.461 e. The van der Waals surface area contributed by atoms with Gasteiger partial charge in [0.15, 0.2) is 11.5 Å². The van der Waals surface area contributed by atoms with E-state index in [9.17, 15) is 9.59 Å². The molecule has 0 fully saturated rings. The van der Waals surface area contributed by atoms with Gasteiger partial charge >= 0.3 is 5.97 Å². The lowest BCUT2D eigenvalue weighted by Crippen LogP contribution is -2.09. The number of Topliss-reactive ketones (excluding diaryl/α,β-unsaturated/α-hetero) is 1. The maximum absolute atomic E-state index is 11.8. The van der Waals surface area contributed by atoms with Crippen molar-refractivity contribution in [3.63, 3.8) is 0 Å². The predicted octanol–water partition coefficient (Wildman–Crippen LogP) is 2.89. The number of aryl methyl sites for hydroxylation is 1. The molecule has 2 aromatic heterocycles. The molecule has 5 nitrogen and oxygen atoms in total. The van der Waals surface area contributed by atoms with Gasteiger partial charge in [0.25, 0.3) is 0 Å². The van der Waals surface area contributed by atoms with Gasteiger partial charge < -0.3 is 4.74 Å². The molecule has 2 rings (SSSR count). The van der Waals surface area contributed by atoms with Gasteiger partial charge in [-0.1, -0.05) is 0 Å². The standard InChI is InChI=1S/C14H14N2O3S/c1-4-19-14(18)11-12(9(3)17)20-13(16-11)10-6-5-8(2)15-7-10/h5-7H,4H2,1-3H3. The van der Waals surface area contributed by atoms with E-state index in [2.05, 4.69) is 9.97 Å². The molecule has 0 atom stereocenters. The third-order valence-corrected chi connectivity index (χ3v) is 3.78. The molecule has 6 heteroatoms. The van der Waals surface area contributed by atoms with Crippen molar-refractivity contribution < 1.29 is 14.3 Å². The first kappa shape index (κ1) is 14.3. The number of thiazole rings is 1. The summed E-state index contributed by atoms with van der Waals surface area (Å²) >= 11 is 1.18. The van der Waals surface area contributed by atoms with E-state index >= 15 is 0 Å². The zero-order chi connectivity index (χ0) is 14.7. The highest BCUT2D eigenvalue weighted by atomic mass is 32.1. The van der Waals surface area contributed by atoms with Crippen molar-refractivity contribution in [2.45, 2.75) is 20.8 Å². The van der Waals surface area contributed by atoms with E-state index in [0.29, 0.717) is 9.88 Å². The first-order valence-corrected chi connectivity index (χ1v) is 6.96. The molecule has 0 unspecified atom stereocenters. The van der Waals surface area contributed by atoms with Crippen LogP contribution in [0.25, 0.3) is 10.6 Å². The van der Waals surface area contributed by atoms with E-state index in [1.165, 1.54) is 18.3 Å². The summed E-state index contributed by atoms with van der Waals surface area (Å²) in [6, 6.07) is 3.72. The Morgan fingerprint density at radius 3 is 2.65 bits per heavy atom. The summed E-state index contributed by atoms with van der Waals surface area (Å²) in [6.45, 7) is 5.25. The van der Waals surface area contributed by atoms with Crippen molar-refractivity contribution in [3.05, 3.63) is 34.6 Å². The summed E-state index contributed by atoms with van der Waals surface area (Å²) in [7, 11) is 0.